The van der Waals surface area contributed by atoms with Crippen molar-refractivity contribution in [3.8, 4) is 5.75 Å². The lowest BCUT2D eigenvalue weighted by Crippen LogP contribution is -2.48. The normalized spacial score (nSPS) is 15.2. The van der Waals surface area contributed by atoms with E-state index in [0.29, 0.717) is 31.9 Å². The van der Waals surface area contributed by atoms with Crippen molar-refractivity contribution < 1.29 is 17.9 Å². The van der Waals surface area contributed by atoms with Crippen LogP contribution >= 0.6 is 11.3 Å². The van der Waals surface area contributed by atoms with Crippen LogP contribution in [-0.4, -0.2) is 62.7 Å². The van der Waals surface area contributed by atoms with E-state index < -0.39 is 9.84 Å². The second-order valence-corrected chi connectivity index (χ2v) is 10.00. The third-order valence-corrected chi connectivity index (χ3v) is 6.55. The number of hydrogen-bond donors (Lipinski definition) is 0. The van der Waals surface area contributed by atoms with Gasteiger partial charge in [0.25, 0.3) is 5.91 Å². The van der Waals surface area contributed by atoms with Crippen molar-refractivity contribution in [1.29, 1.82) is 0 Å². The van der Waals surface area contributed by atoms with Crippen LogP contribution in [0.4, 0.5) is 5.13 Å². The van der Waals surface area contributed by atoms with Crippen molar-refractivity contribution in [2.24, 2.45) is 0 Å². The number of anilines is 1. The number of nitrogens with zero attached hydrogens (tertiary/aromatic N) is 3. The first-order valence-electron chi connectivity index (χ1n) is 9.12. The zero-order chi connectivity index (χ0) is 20.5. The first-order chi connectivity index (χ1) is 13.1. The number of piperazine rings is 1. The van der Waals surface area contributed by atoms with Crippen molar-refractivity contribution in [2.45, 2.75) is 31.8 Å². The van der Waals surface area contributed by atoms with Crippen LogP contribution in [0.5, 0.6) is 5.75 Å². The van der Waals surface area contributed by atoms with Gasteiger partial charge in [-0.3, -0.25) is 4.79 Å². The fourth-order valence-corrected chi connectivity index (χ4v) is 4.53. The zero-order valence-electron chi connectivity index (χ0n) is 16.5. The summed E-state index contributed by atoms with van der Waals surface area (Å²) in [6.07, 6.45) is 1.01. The van der Waals surface area contributed by atoms with E-state index in [0.717, 1.165) is 17.1 Å². The number of rotatable bonds is 5. The summed E-state index contributed by atoms with van der Waals surface area (Å²) < 4.78 is 29.6. The van der Waals surface area contributed by atoms with Crippen LogP contribution in [0.25, 0.3) is 0 Å². The highest BCUT2D eigenvalue weighted by Gasteiger charge is 2.27. The van der Waals surface area contributed by atoms with E-state index in [2.05, 4.69) is 9.88 Å². The van der Waals surface area contributed by atoms with E-state index in [9.17, 15) is 13.2 Å². The van der Waals surface area contributed by atoms with Gasteiger partial charge < -0.3 is 14.5 Å². The molecule has 0 bridgehead atoms. The molecule has 0 spiro atoms. The van der Waals surface area contributed by atoms with Gasteiger partial charge in [-0.05, 0) is 39.0 Å². The molecule has 2 heterocycles. The summed E-state index contributed by atoms with van der Waals surface area (Å²) in [5, 5.41) is 2.98. The first kappa shape index (κ1) is 20.6. The Balaban J connectivity index is 1.81. The summed E-state index contributed by atoms with van der Waals surface area (Å²) >= 11 is 1.60. The Morgan fingerprint density at radius 3 is 2.43 bits per heavy atom. The highest BCUT2D eigenvalue weighted by molar-refractivity contribution is 7.90. The third-order valence-electron chi connectivity index (χ3n) is 4.42. The van der Waals surface area contributed by atoms with Gasteiger partial charge >= 0.3 is 0 Å². The molecule has 1 aliphatic heterocycles. The zero-order valence-corrected chi connectivity index (χ0v) is 18.1. The van der Waals surface area contributed by atoms with Crippen molar-refractivity contribution >= 4 is 32.2 Å². The molecule has 0 radical (unpaired) electrons. The van der Waals surface area contributed by atoms with Crippen molar-refractivity contribution in [3.63, 3.8) is 0 Å². The molecule has 0 aliphatic carbocycles. The Morgan fingerprint density at radius 2 is 1.89 bits per heavy atom. The van der Waals surface area contributed by atoms with Crippen LogP contribution in [0.15, 0.2) is 28.5 Å². The number of benzene rings is 1. The number of hydrogen-bond acceptors (Lipinski definition) is 7. The molecule has 1 aromatic carbocycles. The maximum atomic E-state index is 13.1. The van der Waals surface area contributed by atoms with Crippen molar-refractivity contribution in [2.75, 3.05) is 37.3 Å². The minimum Gasteiger partial charge on any atom is -0.490 e. The fraction of sp³-hybridized carbons (Fsp3) is 0.474. The summed E-state index contributed by atoms with van der Waals surface area (Å²) in [5.41, 5.74) is 1.28. The van der Waals surface area contributed by atoms with E-state index in [1.54, 1.807) is 22.3 Å². The fourth-order valence-electron chi connectivity index (χ4n) is 3.02. The van der Waals surface area contributed by atoms with Crippen LogP contribution in [0, 0.1) is 6.92 Å². The minimum absolute atomic E-state index is 0.115. The standard InChI is InChI=1S/C19H25N3O4S2/c1-13(2)26-17-6-5-15(28(4,24)25)11-16(17)18(23)21-7-9-22(10-8-21)19-20-14(3)12-27-19/h5-6,11-13H,7-10H2,1-4H3. The van der Waals surface area contributed by atoms with E-state index in [1.807, 2.05) is 26.2 Å². The Bertz CT molecular complexity index is 961. The second kappa shape index (κ2) is 8.08. The molecule has 0 atom stereocenters. The summed E-state index contributed by atoms with van der Waals surface area (Å²) in [7, 11) is -3.42. The summed E-state index contributed by atoms with van der Waals surface area (Å²) in [6, 6.07) is 4.47. The summed E-state index contributed by atoms with van der Waals surface area (Å²) in [6.45, 7) is 8.16. The molecular formula is C19H25N3O4S2. The van der Waals surface area contributed by atoms with Gasteiger partial charge in [-0.15, -0.1) is 11.3 Å². The van der Waals surface area contributed by atoms with Gasteiger partial charge in [-0.2, -0.15) is 0 Å². The molecular weight excluding hydrogens is 398 g/mol. The predicted octanol–water partition coefficient (Wildman–Crippen LogP) is 2.60. The number of aromatic nitrogens is 1. The molecule has 1 amide bonds. The van der Waals surface area contributed by atoms with Gasteiger partial charge in [0, 0.05) is 37.8 Å². The quantitative estimate of drug-likeness (QED) is 0.735. The second-order valence-electron chi connectivity index (χ2n) is 7.15. The van der Waals surface area contributed by atoms with Gasteiger partial charge in [0.1, 0.15) is 5.75 Å². The molecule has 2 aromatic rings. The number of sulfone groups is 1. The number of aryl methyl sites for hydroxylation is 1. The van der Waals surface area contributed by atoms with Crippen LogP contribution in [-0.2, 0) is 9.84 Å². The topological polar surface area (TPSA) is 79.8 Å². The predicted molar refractivity (Wildman–Crippen MR) is 110 cm³/mol. The molecule has 152 valence electrons. The molecule has 9 heteroatoms. The Labute approximate surface area is 169 Å². The molecule has 3 rings (SSSR count). The highest BCUT2D eigenvalue weighted by atomic mass is 32.2. The van der Waals surface area contributed by atoms with Crippen LogP contribution in [0.1, 0.15) is 29.9 Å². The number of ether oxygens (including phenoxy) is 1. The smallest absolute Gasteiger partial charge is 0.257 e. The average molecular weight is 424 g/mol. The van der Waals surface area contributed by atoms with E-state index in [1.165, 1.54) is 12.1 Å². The Kier molecular flexibility index (Phi) is 5.95. The Hall–Kier alpha value is -2.13. The van der Waals surface area contributed by atoms with E-state index >= 15 is 0 Å². The van der Waals surface area contributed by atoms with Crippen LogP contribution in [0.2, 0.25) is 0 Å². The van der Waals surface area contributed by atoms with Gasteiger partial charge in [0.2, 0.25) is 0 Å². The SMILES string of the molecule is Cc1csc(N2CCN(C(=O)c3cc(S(C)(=O)=O)ccc3OC(C)C)CC2)n1. The largest absolute Gasteiger partial charge is 0.490 e. The molecule has 1 saturated heterocycles. The lowest BCUT2D eigenvalue weighted by atomic mass is 10.1. The lowest BCUT2D eigenvalue weighted by molar-refractivity contribution is 0.0740. The Morgan fingerprint density at radius 1 is 1.21 bits per heavy atom. The minimum atomic E-state index is -3.42. The number of amides is 1. The van der Waals surface area contributed by atoms with E-state index in [-0.39, 0.29) is 22.5 Å². The molecule has 0 unspecified atom stereocenters. The van der Waals surface area contributed by atoms with Gasteiger partial charge in [-0.1, -0.05) is 0 Å². The first-order valence-corrected chi connectivity index (χ1v) is 11.9. The van der Waals surface area contributed by atoms with E-state index in [4.69, 9.17) is 4.74 Å². The lowest BCUT2D eigenvalue weighted by Gasteiger charge is -2.35. The van der Waals surface area contributed by atoms with Crippen molar-refractivity contribution in [1.82, 2.24) is 9.88 Å². The molecule has 28 heavy (non-hydrogen) atoms. The van der Waals surface area contributed by atoms with Gasteiger partial charge in [-0.25, -0.2) is 13.4 Å². The molecule has 1 fully saturated rings. The monoisotopic (exact) mass is 423 g/mol. The highest BCUT2D eigenvalue weighted by Crippen LogP contribution is 2.27. The maximum absolute atomic E-state index is 13.1. The van der Waals surface area contributed by atoms with Crippen molar-refractivity contribution in [3.05, 3.63) is 34.8 Å². The van der Waals surface area contributed by atoms with Crippen LogP contribution < -0.4 is 9.64 Å². The number of carbonyl (C=O) groups excluding carboxylic acids is 1. The number of carbonyl (C=O) groups is 1. The maximum Gasteiger partial charge on any atom is 0.257 e. The summed E-state index contributed by atoms with van der Waals surface area (Å²) in [5.74, 6) is 0.196. The third kappa shape index (κ3) is 4.64. The number of thiazole rings is 1. The van der Waals surface area contributed by atoms with Gasteiger partial charge in [0.05, 0.1) is 22.3 Å². The molecule has 1 aliphatic rings. The van der Waals surface area contributed by atoms with Crippen LogP contribution in [0.3, 0.4) is 0 Å². The molecule has 0 saturated carbocycles. The molecule has 0 N–H and O–H groups in total. The average Bonchev–Trinajstić information content (AvgIpc) is 3.06. The van der Waals surface area contributed by atoms with Gasteiger partial charge in [0.15, 0.2) is 15.0 Å². The molecule has 7 nitrogen and oxygen atoms in total. The summed E-state index contributed by atoms with van der Waals surface area (Å²) in [4.78, 5) is 21.7. The molecule has 1 aromatic heterocycles.